The van der Waals surface area contributed by atoms with Crippen molar-refractivity contribution in [2.45, 2.75) is 26.7 Å². The highest BCUT2D eigenvalue weighted by Crippen LogP contribution is 2.35. The Kier molecular flexibility index (Phi) is 1.87. The van der Waals surface area contributed by atoms with Crippen LogP contribution in [0.5, 0.6) is 0 Å². The topological polar surface area (TPSA) is 38.1 Å². The second-order valence-corrected chi connectivity index (χ2v) is 3.74. The van der Waals surface area contributed by atoms with Crippen LogP contribution in [0.4, 0.5) is 5.69 Å². The highest BCUT2D eigenvalue weighted by atomic mass is 14.9. The van der Waals surface area contributed by atoms with Crippen LogP contribution in [0.15, 0.2) is 11.3 Å². The summed E-state index contributed by atoms with van der Waals surface area (Å²) in [6.45, 7) is 6.34. The van der Waals surface area contributed by atoms with Crippen LogP contribution in [0.25, 0.3) is 0 Å². The van der Waals surface area contributed by atoms with E-state index in [4.69, 9.17) is 0 Å². The van der Waals surface area contributed by atoms with Gasteiger partial charge in [0.25, 0.3) is 0 Å². The first kappa shape index (κ1) is 8.35. The van der Waals surface area contributed by atoms with Crippen molar-refractivity contribution in [3.8, 4) is 0 Å². The van der Waals surface area contributed by atoms with E-state index >= 15 is 0 Å². The Morgan fingerprint density at radius 3 is 2.77 bits per heavy atom. The van der Waals surface area contributed by atoms with Gasteiger partial charge in [-0.25, -0.2) is 9.97 Å². The smallest absolute Gasteiger partial charge is 0.116 e. The molecular formula is C10H13N3. The van der Waals surface area contributed by atoms with Crippen molar-refractivity contribution in [2.75, 3.05) is 0 Å². The molecule has 0 aliphatic carbocycles. The molecule has 1 aromatic heterocycles. The lowest BCUT2D eigenvalue weighted by Gasteiger charge is -2.11. The average molecular weight is 175 g/mol. The second-order valence-electron chi connectivity index (χ2n) is 3.74. The predicted octanol–water partition coefficient (Wildman–Crippen LogP) is 2.24. The molecule has 3 nitrogen and oxygen atoms in total. The Morgan fingerprint density at radius 1 is 1.31 bits per heavy atom. The minimum absolute atomic E-state index is 0.372. The molecule has 0 radical (unpaired) electrons. The molecule has 1 aliphatic rings. The van der Waals surface area contributed by atoms with E-state index < -0.39 is 0 Å². The van der Waals surface area contributed by atoms with Gasteiger partial charge in [-0.15, -0.1) is 0 Å². The first-order valence-electron chi connectivity index (χ1n) is 4.56. The molecular weight excluding hydrogens is 162 g/mol. The molecule has 68 valence electrons. The minimum atomic E-state index is 0.372. The third-order valence-electron chi connectivity index (χ3n) is 2.43. The number of rotatable bonds is 1. The van der Waals surface area contributed by atoms with Crippen LogP contribution in [-0.2, 0) is 0 Å². The zero-order valence-electron chi connectivity index (χ0n) is 8.15. The van der Waals surface area contributed by atoms with Gasteiger partial charge in [-0.1, -0.05) is 13.8 Å². The molecule has 1 aromatic rings. The summed E-state index contributed by atoms with van der Waals surface area (Å²) in [5.74, 6) is 0.927. The molecule has 1 aliphatic heterocycles. The standard InChI is InChI=1S/C10H13N3/c1-6(2)8-4-11-9-7(3)12-5-13-10(8)9/h4-6,8H,1-3H3. The van der Waals surface area contributed by atoms with Crippen molar-refractivity contribution in [1.82, 2.24) is 9.97 Å². The molecule has 0 saturated heterocycles. The SMILES string of the molecule is Cc1ncnc2c1N=CC2C(C)C. The summed E-state index contributed by atoms with van der Waals surface area (Å²) in [5, 5.41) is 0. The quantitative estimate of drug-likeness (QED) is 0.656. The van der Waals surface area contributed by atoms with Gasteiger partial charge in [0, 0.05) is 12.1 Å². The maximum Gasteiger partial charge on any atom is 0.116 e. The van der Waals surface area contributed by atoms with Crippen LogP contribution in [-0.4, -0.2) is 16.2 Å². The summed E-state index contributed by atoms with van der Waals surface area (Å²) < 4.78 is 0. The number of hydrogen-bond acceptors (Lipinski definition) is 3. The molecule has 1 unspecified atom stereocenters. The van der Waals surface area contributed by atoms with E-state index in [2.05, 4.69) is 28.8 Å². The highest BCUT2D eigenvalue weighted by Gasteiger charge is 2.24. The van der Waals surface area contributed by atoms with Crippen LogP contribution < -0.4 is 0 Å². The van der Waals surface area contributed by atoms with Gasteiger partial charge < -0.3 is 0 Å². The van der Waals surface area contributed by atoms with Gasteiger partial charge in [0.05, 0.1) is 11.4 Å². The van der Waals surface area contributed by atoms with Crippen molar-refractivity contribution >= 4 is 11.9 Å². The zero-order valence-corrected chi connectivity index (χ0v) is 8.15. The third-order valence-corrected chi connectivity index (χ3v) is 2.43. The third kappa shape index (κ3) is 1.24. The molecule has 0 fully saturated rings. The first-order valence-corrected chi connectivity index (χ1v) is 4.56. The van der Waals surface area contributed by atoms with Crippen LogP contribution in [0, 0.1) is 12.8 Å². The molecule has 2 heterocycles. The van der Waals surface area contributed by atoms with E-state index in [9.17, 15) is 0 Å². The van der Waals surface area contributed by atoms with Crippen LogP contribution >= 0.6 is 0 Å². The zero-order chi connectivity index (χ0) is 9.42. The second kappa shape index (κ2) is 2.91. The lowest BCUT2D eigenvalue weighted by molar-refractivity contribution is 0.604. The molecule has 0 saturated carbocycles. The molecule has 2 rings (SSSR count). The molecule has 0 spiro atoms. The van der Waals surface area contributed by atoms with Gasteiger partial charge in [-0.05, 0) is 12.8 Å². The molecule has 0 bridgehead atoms. The van der Waals surface area contributed by atoms with Crippen molar-refractivity contribution in [3.05, 3.63) is 17.7 Å². The Balaban J connectivity index is 2.49. The van der Waals surface area contributed by atoms with Gasteiger partial charge >= 0.3 is 0 Å². The number of aliphatic imine (C=N–C) groups is 1. The van der Waals surface area contributed by atoms with E-state index in [-0.39, 0.29) is 0 Å². The molecule has 13 heavy (non-hydrogen) atoms. The Bertz CT molecular complexity index is 355. The fourth-order valence-electron chi connectivity index (χ4n) is 1.60. The Morgan fingerprint density at radius 2 is 2.08 bits per heavy atom. The molecule has 1 atom stereocenters. The summed E-state index contributed by atoms with van der Waals surface area (Å²) in [6, 6.07) is 0. The number of nitrogens with zero attached hydrogens (tertiary/aromatic N) is 3. The normalized spacial score (nSPS) is 19.5. The van der Waals surface area contributed by atoms with Gasteiger partial charge in [-0.2, -0.15) is 0 Å². The number of aromatic nitrogens is 2. The maximum atomic E-state index is 4.35. The van der Waals surface area contributed by atoms with E-state index in [1.807, 2.05) is 13.1 Å². The van der Waals surface area contributed by atoms with Gasteiger partial charge in [0.1, 0.15) is 12.0 Å². The summed E-state index contributed by atoms with van der Waals surface area (Å²) in [6.07, 6.45) is 3.61. The summed E-state index contributed by atoms with van der Waals surface area (Å²) >= 11 is 0. The van der Waals surface area contributed by atoms with E-state index in [0.29, 0.717) is 11.8 Å². The molecule has 3 heteroatoms. The maximum absolute atomic E-state index is 4.35. The lowest BCUT2D eigenvalue weighted by Crippen LogP contribution is -2.06. The number of aryl methyl sites for hydroxylation is 1. The van der Waals surface area contributed by atoms with Crippen molar-refractivity contribution in [2.24, 2.45) is 10.9 Å². The highest BCUT2D eigenvalue weighted by molar-refractivity contribution is 5.80. The number of fused-ring (bicyclic) bond motifs is 1. The monoisotopic (exact) mass is 175 g/mol. The van der Waals surface area contributed by atoms with Crippen LogP contribution in [0.1, 0.15) is 31.2 Å². The lowest BCUT2D eigenvalue weighted by atomic mass is 9.94. The minimum Gasteiger partial charge on any atom is -0.257 e. The van der Waals surface area contributed by atoms with E-state index in [0.717, 1.165) is 17.1 Å². The van der Waals surface area contributed by atoms with Gasteiger partial charge in [-0.3, -0.25) is 4.99 Å². The summed E-state index contributed by atoms with van der Waals surface area (Å²) in [4.78, 5) is 12.8. The van der Waals surface area contributed by atoms with Gasteiger partial charge in [0.15, 0.2) is 0 Å². The van der Waals surface area contributed by atoms with E-state index in [1.165, 1.54) is 0 Å². The Labute approximate surface area is 77.9 Å². The van der Waals surface area contributed by atoms with Crippen molar-refractivity contribution < 1.29 is 0 Å². The van der Waals surface area contributed by atoms with Crippen molar-refractivity contribution in [3.63, 3.8) is 0 Å². The predicted molar refractivity (Wildman–Crippen MR) is 52.5 cm³/mol. The molecule has 0 aromatic carbocycles. The van der Waals surface area contributed by atoms with E-state index in [1.54, 1.807) is 6.33 Å². The fraction of sp³-hybridized carbons (Fsp3) is 0.500. The van der Waals surface area contributed by atoms with Crippen LogP contribution in [0.2, 0.25) is 0 Å². The van der Waals surface area contributed by atoms with Crippen molar-refractivity contribution in [1.29, 1.82) is 0 Å². The summed E-state index contributed by atoms with van der Waals surface area (Å²) in [7, 11) is 0. The number of hydrogen-bond donors (Lipinski definition) is 0. The fourth-order valence-corrected chi connectivity index (χ4v) is 1.60. The molecule has 0 amide bonds. The largest absolute Gasteiger partial charge is 0.257 e. The molecule has 0 N–H and O–H groups in total. The summed E-state index contributed by atoms with van der Waals surface area (Å²) in [5.41, 5.74) is 3.04. The van der Waals surface area contributed by atoms with Gasteiger partial charge in [0.2, 0.25) is 0 Å². The first-order chi connectivity index (χ1) is 6.20. The Hall–Kier alpha value is -1.25. The van der Waals surface area contributed by atoms with Crippen LogP contribution in [0.3, 0.4) is 0 Å². The average Bonchev–Trinajstić information content (AvgIpc) is 2.48.